The monoisotopic (exact) mass is 481 g/mol. The molecular weight excluding hydrogens is 450 g/mol. The normalized spacial score (nSPS) is 13.6. The lowest BCUT2D eigenvalue weighted by Crippen LogP contribution is -2.40. The lowest BCUT2D eigenvalue weighted by atomic mass is 10.1. The number of methoxy groups -OCH3 is 1. The van der Waals surface area contributed by atoms with Gasteiger partial charge < -0.3 is 30.2 Å². The summed E-state index contributed by atoms with van der Waals surface area (Å²) in [5.41, 5.74) is 6.62. The largest absolute Gasteiger partial charge is 0.491 e. The number of esters is 1. The van der Waals surface area contributed by atoms with Crippen LogP contribution in [0.5, 0.6) is 11.5 Å². The number of amides is 1. The van der Waals surface area contributed by atoms with Crippen molar-refractivity contribution in [2.24, 2.45) is 5.73 Å². The van der Waals surface area contributed by atoms with Crippen LogP contribution in [0, 0.1) is 10.8 Å². The van der Waals surface area contributed by atoms with Gasteiger partial charge in [0.05, 0.1) is 19.5 Å². The van der Waals surface area contributed by atoms with E-state index in [-0.39, 0.29) is 42.3 Å². The van der Waals surface area contributed by atoms with Crippen molar-refractivity contribution in [3.63, 3.8) is 0 Å². The van der Waals surface area contributed by atoms with Crippen LogP contribution < -0.4 is 20.5 Å². The van der Waals surface area contributed by atoms with Gasteiger partial charge in [0.15, 0.2) is 0 Å². The molecule has 10 nitrogen and oxygen atoms in total. The standard InChI is InChI=1S/C25H31N5O5/c1-16(26)30-12-9-20(10-13-30)35-19-6-3-17(4-7-19)24(31)29-11-14-34-22-15-18(23(27)28)5-8-21(22)25(32)33-2/h3-8,15,20,26H,9-14H2,1-2H3,(H3,27,28)(H,29,31). The van der Waals surface area contributed by atoms with E-state index >= 15 is 0 Å². The summed E-state index contributed by atoms with van der Waals surface area (Å²) in [6.07, 6.45) is 1.80. The predicted molar refractivity (Wildman–Crippen MR) is 132 cm³/mol. The van der Waals surface area contributed by atoms with Gasteiger partial charge in [0, 0.05) is 37.1 Å². The summed E-state index contributed by atoms with van der Waals surface area (Å²) in [6.45, 7) is 3.72. The highest BCUT2D eigenvalue weighted by Crippen LogP contribution is 2.22. The molecule has 0 atom stereocenters. The third-order valence-electron chi connectivity index (χ3n) is 5.68. The van der Waals surface area contributed by atoms with Gasteiger partial charge in [0.25, 0.3) is 5.91 Å². The Balaban J connectivity index is 1.48. The summed E-state index contributed by atoms with van der Waals surface area (Å²) in [5.74, 6) is 0.520. The minimum absolute atomic E-state index is 0.0961. The van der Waals surface area contributed by atoms with Crippen molar-refractivity contribution in [1.82, 2.24) is 10.2 Å². The van der Waals surface area contributed by atoms with E-state index in [1.54, 1.807) is 31.2 Å². The quantitative estimate of drug-likeness (QED) is 0.186. The van der Waals surface area contributed by atoms with E-state index in [9.17, 15) is 9.59 Å². The third kappa shape index (κ3) is 6.95. The second kappa shape index (κ2) is 11.9. The summed E-state index contributed by atoms with van der Waals surface area (Å²) in [5, 5.41) is 18.0. The maximum atomic E-state index is 12.5. The third-order valence-corrected chi connectivity index (χ3v) is 5.68. The molecule has 1 amide bonds. The summed E-state index contributed by atoms with van der Waals surface area (Å²) >= 11 is 0. The predicted octanol–water partition coefficient (Wildman–Crippen LogP) is 2.41. The topological polar surface area (TPSA) is 151 Å². The van der Waals surface area contributed by atoms with Crippen molar-refractivity contribution in [3.05, 3.63) is 59.2 Å². The molecule has 0 aromatic heterocycles. The van der Waals surface area contributed by atoms with E-state index in [0.717, 1.165) is 25.9 Å². The molecule has 1 heterocycles. The smallest absolute Gasteiger partial charge is 0.341 e. The second-order valence-electron chi connectivity index (χ2n) is 8.13. The van der Waals surface area contributed by atoms with Gasteiger partial charge in [0.2, 0.25) is 0 Å². The van der Waals surface area contributed by atoms with Crippen LogP contribution in [0.1, 0.15) is 46.0 Å². The number of amidine groups is 2. The van der Waals surface area contributed by atoms with Gasteiger partial charge >= 0.3 is 5.97 Å². The first-order valence-corrected chi connectivity index (χ1v) is 11.3. The van der Waals surface area contributed by atoms with Crippen molar-refractivity contribution < 1.29 is 23.8 Å². The summed E-state index contributed by atoms with van der Waals surface area (Å²) in [4.78, 5) is 26.5. The van der Waals surface area contributed by atoms with Crippen LogP contribution in [-0.2, 0) is 4.74 Å². The number of carbonyl (C=O) groups excluding carboxylic acids is 2. The molecule has 2 aromatic carbocycles. The number of piperidine rings is 1. The van der Waals surface area contributed by atoms with Gasteiger partial charge in [-0.15, -0.1) is 0 Å². The van der Waals surface area contributed by atoms with Crippen LogP contribution in [0.4, 0.5) is 0 Å². The SMILES string of the molecule is COC(=O)c1ccc(C(=N)N)cc1OCCNC(=O)c1ccc(OC2CCN(C(C)=N)CC2)cc1. The Kier molecular flexibility index (Phi) is 8.66. The highest BCUT2D eigenvalue weighted by molar-refractivity contribution is 5.98. The van der Waals surface area contributed by atoms with Crippen LogP contribution in [0.15, 0.2) is 42.5 Å². The minimum Gasteiger partial charge on any atom is -0.491 e. The lowest BCUT2D eigenvalue weighted by Gasteiger charge is -2.32. The molecule has 10 heteroatoms. The van der Waals surface area contributed by atoms with Gasteiger partial charge in [-0.3, -0.25) is 15.6 Å². The first-order valence-electron chi connectivity index (χ1n) is 11.3. The molecule has 0 radical (unpaired) electrons. The highest BCUT2D eigenvalue weighted by atomic mass is 16.5. The van der Waals surface area contributed by atoms with Crippen LogP contribution in [-0.4, -0.2) is 67.9 Å². The molecule has 0 spiro atoms. The molecule has 1 fully saturated rings. The van der Waals surface area contributed by atoms with Crippen molar-refractivity contribution in [1.29, 1.82) is 10.8 Å². The van der Waals surface area contributed by atoms with Crippen molar-refractivity contribution >= 4 is 23.5 Å². The highest BCUT2D eigenvalue weighted by Gasteiger charge is 2.21. The first-order chi connectivity index (χ1) is 16.8. The van der Waals surface area contributed by atoms with Gasteiger partial charge in [-0.2, -0.15) is 0 Å². The number of likely N-dealkylation sites (tertiary alicyclic amines) is 1. The Morgan fingerprint density at radius 1 is 1.09 bits per heavy atom. The van der Waals surface area contributed by atoms with Crippen molar-refractivity contribution in [3.8, 4) is 11.5 Å². The van der Waals surface area contributed by atoms with E-state index in [2.05, 4.69) is 5.32 Å². The number of rotatable bonds is 9. The number of hydrogen-bond acceptors (Lipinski definition) is 7. The fourth-order valence-electron chi connectivity index (χ4n) is 3.70. The molecule has 1 saturated heterocycles. The molecule has 0 saturated carbocycles. The fourth-order valence-corrected chi connectivity index (χ4v) is 3.70. The number of ether oxygens (including phenoxy) is 3. The molecule has 0 bridgehead atoms. The van der Waals surface area contributed by atoms with E-state index in [1.165, 1.54) is 25.3 Å². The molecule has 35 heavy (non-hydrogen) atoms. The Morgan fingerprint density at radius 3 is 2.34 bits per heavy atom. The van der Waals surface area contributed by atoms with Crippen molar-refractivity contribution in [2.45, 2.75) is 25.9 Å². The molecule has 2 aromatic rings. The lowest BCUT2D eigenvalue weighted by molar-refractivity contribution is 0.0595. The molecule has 0 aliphatic carbocycles. The Hall–Kier alpha value is -4.08. The average Bonchev–Trinajstić information content (AvgIpc) is 2.86. The Morgan fingerprint density at radius 2 is 1.74 bits per heavy atom. The van der Waals surface area contributed by atoms with E-state index < -0.39 is 5.97 Å². The average molecular weight is 482 g/mol. The zero-order valence-corrected chi connectivity index (χ0v) is 19.9. The van der Waals surface area contributed by atoms with Crippen LogP contribution >= 0.6 is 0 Å². The zero-order chi connectivity index (χ0) is 25.4. The van der Waals surface area contributed by atoms with Crippen LogP contribution in [0.25, 0.3) is 0 Å². The van der Waals surface area contributed by atoms with Gasteiger partial charge in [-0.05, 0) is 43.3 Å². The summed E-state index contributed by atoms with van der Waals surface area (Å²) in [7, 11) is 1.27. The molecule has 1 aliphatic heterocycles. The summed E-state index contributed by atoms with van der Waals surface area (Å²) in [6, 6.07) is 11.5. The summed E-state index contributed by atoms with van der Waals surface area (Å²) < 4.78 is 16.4. The van der Waals surface area contributed by atoms with Gasteiger partial charge in [0.1, 0.15) is 35.6 Å². The second-order valence-corrected chi connectivity index (χ2v) is 8.13. The Bertz CT molecular complexity index is 1080. The minimum atomic E-state index is -0.572. The molecule has 186 valence electrons. The molecular formula is C25H31N5O5. The number of benzene rings is 2. The van der Waals surface area contributed by atoms with Crippen molar-refractivity contribution in [2.75, 3.05) is 33.4 Å². The molecule has 5 N–H and O–H groups in total. The Labute approximate surface area is 204 Å². The van der Waals surface area contributed by atoms with E-state index in [1.807, 2.05) is 4.90 Å². The van der Waals surface area contributed by atoms with Crippen LogP contribution in [0.2, 0.25) is 0 Å². The molecule has 3 rings (SSSR count). The molecule has 0 unspecified atom stereocenters. The van der Waals surface area contributed by atoms with Crippen LogP contribution in [0.3, 0.4) is 0 Å². The maximum absolute atomic E-state index is 12.5. The maximum Gasteiger partial charge on any atom is 0.341 e. The fraction of sp³-hybridized carbons (Fsp3) is 0.360. The zero-order valence-electron chi connectivity index (χ0n) is 19.9. The number of nitrogens with one attached hydrogen (secondary N) is 3. The number of nitrogens with two attached hydrogens (primary N) is 1. The number of nitrogen functional groups attached to an aromatic ring is 1. The number of carbonyl (C=O) groups is 2. The molecule has 1 aliphatic rings. The van der Waals surface area contributed by atoms with Gasteiger partial charge in [-0.1, -0.05) is 6.07 Å². The first kappa shape index (κ1) is 25.5. The number of nitrogens with zero attached hydrogens (tertiary/aromatic N) is 1. The number of hydrogen-bond donors (Lipinski definition) is 4. The van der Waals surface area contributed by atoms with E-state index in [4.69, 9.17) is 30.8 Å². The van der Waals surface area contributed by atoms with E-state index in [0.29, 0.717) is 22.7 Å². The van der Waals surface area contributed by atoms with Gasteiger partial charge in [-0.25, -0.2) is 4.79 Å².